The molecule has 2 aliphatic rings. The second-order valence-electron chi connectivity index (χ2n) is 5.65. The summed E-state index contributed by atoms with van der Waals surface area (Å²) in [5.74, 6) is 0.0178. The standard InChI is InChI=1S/C12H22N2O2/c1-12(13,11(15)16)5-2-6-14-8-9-3-4-10(14)7-9/h9-10H,2-8,13H2,1H3,(H,15,16). The molecule has 16 heavy (non-hydrogen) atoms. The first-order valence-corrected chi connectivity index (χ1v) is 6.25. The second kappa shape index (κ2) is 4.34. The summed E-state index contributed by atoms with van der Waals surface area (Å²) in [6.45, 7) is 3.84. The molecule has 2 bridgehead atoms. The average Bonchev–Trinajstić information content (AvgIpc) is 2.78. The summed E-state index contributed by atoms with van der Waals surface area (Å²) >= 11 is 0. The van der Waals surface area contributed by atoms with Gasteiger partial charge in [0.05, 0.1) is 0 Å². The SMILES string of the molecule is CC(N)(CCCN1CC2CCC1C2)C(=O)O. The lowest BCUT2D eigenvalue weighted by molar-refractivity contribution is -0.142. The van der Waals surface area contributed by atoms with Crippen molar-refractivity contribution in [2.45, 2.75) is 50.6 Å². The van der Waals surface area contributed by atoms with E-state index in [9.17, 15) is 4.79 Å². The molecular weight excluding hydrogens is 204 g/mol. The number of piperidine rings is 1. The first-order valence-electron chi connectivity index (χ1n) is 6.25. The maximum atomic E-state index is 10.8. The molecule has 2 fully saturated rings. The molecule has 0 aromatic rings. The van der Waals surface area contributed by atoms with Crippen LogP contribution in [0, 0.1) is 5.92 Å². The van der Waals surface area contributed by atoms with Gasteiger partial charge in [-0.2, -0.15) is 0 Å². The highest BCUT2D eigenvalue weighted by atomic mass is 16.4. The lowest BCUT2D eigenvalue weighted by Crippen LogP contribution is -2.45. The van der Waals surface area contributed by atoms with Crippen molar-refractivity contribution in [2.24, 2.45) is 11.7 Å². The van der Waals surface area contributed by atoms with Crippen molar-refractivity contribution < 1.29 is 9.90 Å². The fourth-order valence-electron chi connectivity index (χ4n) is 3.06. The predicted octanol–water partition coefficient (Wildman–Crippen LogP) is 1.05. The number of carboxylic acid groups (broad SMARTS) is 1. The van der Waals surface area contributed by atoms with Crippen LogP contribution in [-0.2, 0) is 4.79 Å². The highest BCUT2D eigenvalue weighted by Crippen LogP contribution is 2.37. The van der Waals surface area contributed by atoms with E-state index in [1.165, 1.54) is 25.8 Å². The molecule has 1 aliphatic heterocycles. The van der Waals surface area contributed by atoms with Crippen LogP contribution < -0.4 is 5.73 Å². The molecule has 0 spiro atoms. The molecule has 0 radical (unpaired) electrons. The van der Waals surface area contributed by atoms with E-state index in [1.807, 2.05) is 0 Å². The zero-order chi connectivity index (χ0) is 11.8. The number of nitrogens with zero attached hydrogens (tertiary/aromatic N) is 1. The molecule has 4 heteroatoms. The molecule has 3 N–H and O–H groups in total. The Hall–Kier alpha value is -0.610. The summed E-state index contributed by atoms with van der Waals surface area (Å²) in [5.41, 5.74) is 4.65. The minimum atomic E-state index is -1.06. The predicted molar refractivity (Wildman–Crippen MR) is 62.2 cm³/mol. The number of fused-ring (bicyclic) bond motifs is 2. The molecule has 0 amide bonds. The Bertz CT molecular complexity index is 278. The quantitative estimate of drug-likeness (QED) is 0.735. The van der Waals surface area contributed by atoms with E-state index in [0.717, 1.165) is 24.9 Å². The summed E-state index contributed by atoms with van der Waals surface area (Å²) in [4.78, 5) is 13.4. The lowest BCUT2D eigenvalue weighted by atomic mass is 9.97. The summed E-state index contributed by atoms with van der Waals surface area (Å²) in [6, 6.07) is 0.777. The van der Waals surface area contributed by atoms with Crippen LogP contribution in [-0.4, -0.2) is 40.6 Å². The molecule has 1 heterocycles. The van der Waals surface area contributed by atoms with Gasteiger partial charge in [-0.05, 0) is 51.5 Å². The minimum absolute atomic E-state index is 0.566. The van der Waals surface area contributed by atoms with Crippen molar-refractivity contribution in [2.75, 3.05) is 13.1 Å². The number of nitrogens with two attached hydrogens (primary N) is 1. The Morgan fingerprint density at radius 3 is 2.81 bits per heavy atom. The van der Waals surface area contributed by atoms with Gasteiger partial charge in [-0.1, -0.05) is 0 Å². The van der Waals surface area contributed by atoms with Crippen LogP contribution >= 0.6 is 0 Å². The van der Waals surface area contributed by atoms with Crippen LogP contribution in [0.1, 0.15) is 39.0 Å². The third kappa shape index (κ3) is 2.38. The maximum absolute atomic E-state index is 10.8. The second-order valence-corrected chi connectivity index (χ2v) is 5.65. The van der Waals surface area contributed by atoms with Gasteiger partial charge in [0.2, 0.25) is 0 Å². The highest BCUT2D eigenvalue weighted by molar-refractivity contribution is 5.77. The number of hydrogen-bond acceptors (Lipinski definition) is 3. The Morgan fingerprint density at radius 2 is 2.31 bits per heavy atom. The molecule has 4 nitrogen and oxygen atoms in total. The average molecular weight is 226 g/mol. The van der Waals surface area contributed by atoms with Crippen molar-refractivity contribution in [3.63, 3.8) is 0 Å². The molecule has 3 unspecified atom stereocenters. The summed E-state index contributed by atoms with van der Waals surface area (Å²) in [5, 5.41) is 8.90. The molecular formula is C12H22N2O2. The van der Waals surface area contributed by atoms with E-state index in [4.69, 9.17) is 10.8 Å². The summed E-state index contributed by atoms with van der Waals surface area (Å²) in [7, 11) is 0. The van der Waals surface area contributed by atoms with E-state index in [-0.39, 0.29) is 0 Å². The monoisotopic (exact) mass is 226 g/mol. The molecule has 0 aromatic carbocycles. The normalized spacial score (nSPS) is 32.9. The van der Waals surface area contributed by atoms with Crippen molar-refractivity contribution >= 4 is 5.97 Å². The minimum Gasteiger partial charge on any atom is -0.480 e. The molecule has 92 valence electrons. The number of carboxylic acids is 1. The van der Waals surface area contributed by atoms with Crippen molar-refractivity contribution in [3.8, 4) is 0 Å². The Labute approximate surface area is 96.8 Å². The number of likely N-dealkylation sites (tertiary alicyclic amines) is 1. The third-order valence-corrected chi connectivity index (χ3v) is 4.15. The van der Waals surface area contributed by atoms with Gasteiger partial charge in [0, 0.05) is 12.6 Å². The van der Waals surface area contributed by atoms with Gasteiger partial charge in [-0.25, -0.2) is 0 Å². The Kier molecular flexibility index (Phi) is 3.22. The summed E-state index contributed by atoms with van der Waals surface area (Å²) < 4.78 is 0. The van der Waals surface area contributed by atoms with Crippen molar-refractivity contribution in [1.82, 2.24) is 4.90 Å². The fraction of sp³-hybridized carbons (Fsp3) is 0.917. The van der Waals surface area contributed by atoms with Crippen LogP contribution in [0.15, 0.2) is 0 Å². The maximum Gasteiger partial charge on any atom is 0.323 e. The van der Waals surface area contributed by atoms with E-state index in [2.05, 4.69) is 4.90 Å². The first-order chi connectivity index (χ1) is 7.49. The van der Waals surface area contributed by atoms with E-state index in [0.29, 0.717) is 6.42 Å². The number of rotatable bonds is 5. The molecule has 1 aliphatic carbocycles. The summed E-state index contributed by atoms with van der Waals surface area (Å²) in [6.07, 6.45) is 5.55. The molecule has 2 rings (SSSR count). The molecule has 0 aromatic heterocycles. The van der Waals surface area contributed by atoms with Crippen LogP contribution in [0.2, 0.25) is 0 Å². The zero-order valence-electron chi connectivity index (χ0n) is 9.98. The number of aliphatic carboxylic acids is 1. The van der Waals surface area contributed by atoms with Crippen molar-refractivity contribution in [1.29, 1.82) is 0 Å². The van der Waals surface area contributed by atoms with E-state index < -0.39 is 11.5 Å². The fourth-order valence-corrected chi connectivity index (χ4v) is 3.06. The van der Waals surface area contributed by atoms with Crippen LogP contribution in [0.25, 0.3) is 0 Å². The van der Waals surface area contributed by atoms with Gasteiger partial charge in [0.1, 0.15) is 5.54 Å². The third-order valence-electron chi connectivity index (χ3n) is 4.15. The smallest absolute Gasteiger partial charge is 0.323 e. The zero-order valence-corrected chi connectivity index (χ0v) is 9.98. The van der Waals surface area contributed by atoms with Crippen molar-refractivity contribution in [3.05, 3.63) is 0 Å². The molecule has 1 saturated heterocycles. The van der Waals surface area contributed by atoms with Gasteiger partial charge in [-0.15, -0.1) is 0 Å². The van der Waals surface area contributed by atoms with Gasteiger partial charge in [-0.3, -0.25) is 4.79 Å². The van der Waals surface area contributed by atoms with E-state index >= 15 is 0 Å². The molecule has 3 atom stereocenters. The number of hydrogen-bond donors (Lipinski definition) is 2. The largest absolute Gasteiger partial charge is 0.480 e. The van der Waals surface area contributed by atoms with Crippen LogP contribution in [0.5, 0.6) is 0 Å². The van der Waals surface area contributed by atoms with Gasteiger partial charge >= 0.3 is 5.97 Å². The van der Waals surface area contributed by atoms with Crippen LogP contribution in [0.4, 0.5) is 0 Å². The van der Waals surface area contributed by atoms with Crippen LogP contribution in [0.3, 0.4) is 0 Å². The number of carbonyl (C=O) groups is 1. The lowest BCUT2D eigenvalue weighted by Gasteiger charge is -2.28. The van der Waals surface area contributed by atoms with Gasteiger partial charge < -0.3 is 15.7 Å². The van der Waals surface area contributed by atoms with Gasteiger partial charge in [0.15, 0.2) is 0 Å². The Morgan fingerprint density at radius 1 is 1.56 bits per heavy atom. The first kappa shape index (κ1) is 11.9. The Balaban J connectivity index is 1.71. The topological polar surface area (TPSA) is 66.6 Å². The highest BCUT2D eigenvalue weighted by Gasteiger charge is 2.37. The van der Waals surface area contributed by atoms with Gasteiger partial charge in [0.25, 0.3) is 0 Å². The van der Waals surface area contributed by atoms with E-state index in [1.54, 1.807) is 6.92 Å². The molecule has 1 saturated carbocycles.